The standard InChI is InChI=1S/C21H24FNO6/c1-23-21(28)14-4-2-3-11(7-14)12-5-6-13(15(22)8-12)9-16-18(25)20(27)19(26)17(10-24)29-16/h2-8,16-20,24-27H,9-10H2,1H3,(H,23,28). The molecule has 156 valence electrons. The van der Waals surface area contributed by atoms with Crippen LogP contribution in [0.25, 0.3) is 11.1 Å². The van der Waals surface area contributed by atoms with E-state index in [2.05, 4.69) is 5.32 Å². The molecule has 1 aliphatic heterocycles. The molecule has 1 amide bonds. The van der Waals surface area contributed by atoms with E-state index in [0.29, 0.717) is 16.7 Å². The molecule has 1 fully saturated rings. The molecule has 1 aliphatic rings. The SMILES string of the molecule is CNC(=O)c1cccc(-c2ccc(CC3OC(CO)C(O)C(O)C3O)c(F)c2)c1. The van der Waals surface area contributed by atoms with Gasteiger partial charge in [-0.3, -0.25) is 4.79 Å². The first-order chi connectivity index (χ1) is 13.8. The van der Waals surface area contributed by atoms with E-state index in [0.717, 1.165) is 0 Å². The predicted molar refractivity (Wildman–Crippen MR) is 103 cm³/mol. The van der Waals surface area contributed by atoms with E-state index in [9.17, 15) is 29.6 Å². The minimum absolute atomic E-state index is 0.0498. The lowest BCUT2D eigenvalue weighted by molar-refractivity contribution is -0.228. The van der Waals surface area contributed by atoms with Gasteiger partial charge in [0.2, 0.25) is 0 Å². The number of hydrogen-bond donors (Lipinski definition) is 5. The fourth-order valence-electron chi connectivity index (χ4n) is 3.44. The van der Waals surface area contributed by atoms with Crippen LogP contribution in [-0.2, 0) is 11.2 Å². The number of nitrogens with one attached hydrogen (secondary N) is 1. The van der Waals surface area contributed by atoms with Crippen LogP contribution in [0.1, 0.15) is 15.9 Å². The Kier molecular flexibility index (Phi) is 6.61. The van der Waals surface area contributed by atoms with Crippen molar-refractivity contribution in [3.8, 4) is 11.1 Å². The highest BCUT2D eigenvalue weighted by Crippen LogP contribution is 2.27. The highest BCUT2D eigenvalue weighted by molar-refractivity contribution is 5.95. The van der Waals surface area contributed by atoms with Gasteiger partial charge in [0.25, 0.3) is 5.91 Å². The molecule has 3 rings (SSSR count). The number of ether oxygens (including phenoxy) is 1. The van der Waals surface area contributed by atoms with Gasteiger partial charge in [-0.25, -0.2) is 4.39 Å². The fourth-order valence-corrected chi connectivity index (χ4v) is 3.44. The number of aliphatic hydroxyl groups is 4. The van der Waals surface area contributed by atoms with Crippen molar-refractivity contribution in [1.82, 2.24) is 5.32 Å². The van der Waals surface area contributed by atoms with E-state index >= 15 is 0 Å². The van der Waals surface area contributed by atoms with Crippen molar-refractivity contribution in [1.29, 1.82) is 0 Å². The summed E-state index contributed by atoms with van der Waals surface area (Å²) in [5, 5.41) is 41.7. The van der Waals surface area contributed by atoms with E-state index in [1.54, 1.807) is 36.4 Å². The second-order valence-corrected chi connectivity index (χ2v) is 7.04. The van der Waals surface area contributed by atoms with Crippen LogP contribution in [-0.4, -0.2) is 70.5 Å². The quantitative estimate of drug-likeness (QED) is 0.486. The van der Waals surface area contributed by atoms with E-state index in [-0.39, 0.29) is 17.9 Å². The first-order valence-electron chi connectivity index (χ1n) is 9.27. The predicted octanol–water partition coefficient (Wildman–Crippen LogP) is 0.237. The van der Waals surface area contributed by atoms with E-state index in [4.69, 9.17) is 4.74 Å². The van der Waals surface area contributed by atoms with E-state index in [1.807, 2.05) is 0 Å². The van der Waals surface area contributed by atoms with Gasteiger partial charge in [-0.1, -0.05) is 24.3 Å². The van der Waals surface area contributed by atoms with Gasteiger partial charge in [-0.2, -0.15) is 0 Å². The van der Waals surface area contributed by atoms with Gasteiger partial charge in [0.1, 0.15) is 30.2 Å². The van der Waals surface area contributed by atoms with Gasteiger partial charge in [0, 0.05) is 19.0 Å². The number of benzene rings is 2. The average Bonchev–Trinajstić information content (AvgIpc) is 2.74. The van der Waals surface area contributed by atoms with E-state index < -0.39 is 42.9 Å². The Morgan fingerprint density at radius 2 is 1.72 bits per heavy atom. The van der Waals surface area contributed by atoms with Crippen LogP contribution >= 0.6 is 0 Å². The minimum atomic E-state index is -1.50. The van der Waals surface area contributed by atoms with Crippen molar-refractivity contribution in [3.63, 3.8) is 0 Å². The van der Waals surface area contributed by atoms with Crippen molar-refractivity contribution in [2.45, 2.75) is 36.9 Å². The largest absolute Gasteiger partial charge is 0.394 e. The fraction of sp³-hybridized carbons (Fsp3) is 0.381. The Hall–Kier alpha value is -2.36. The lowest BCUT2D eigenvalue weighted by Crippen LogP contribution is -2.59. The van der Waals surface area contributed by atoms with Gasteiger partial charge in [-0.15, -0.1) is 0 Å². The van der Waals surface area contributed by atoms with Crippen LogP contribution in [0.15, 0.2) is 42.5 Å². The molecule has 0 saturated carbocycles. The third-order valence-electron chi connectivity index (χ3n) is 5.15. The van der Waals surface area contributed by atoms with Crippen LogP contribution in [0.5, 0.6) is 0 Å². The summed E-state index contributed by atoms with van der Waals surface area (Å²) in [5.41, 5.74) is 1.95. The van der Waals surface area contributed by atoms with Gasteiger partial charge in [-0.05, 0) is 34.9 Å². The monoisotopic (exact) mass is 405 g/mol. The zero-order valence-corrected chi connectivity index (χ0v) is 15.8. The molecule has 5 atom stereocenters. The highest BCUT2D eigenvalue weighted by Gasteiger charge is 2.43. The minimum Gasteiger partial charge on any atom is -0.394 e. The summed E-state index contributed by atoms with van der Waals surface area (Å²) in [4.78, 5) is 11.8. The van der Waals surface area contributed by atoms with Crippen molar-refractivity contribution in [3.05, 3.63) is 59.4 Å². The summed E-state index contributed by atoms with van der Waals surface area (Å²) in [6.45, 7) is -0.537. The lowest BCUT2D eigenvalue weighted by Gasteiger charge is -2.40. The van der Waals surface area contributed by atoms with Crippen LogP contribution in [0, 0.1) is 5.82 Å². The number of carbonyl (C=O) groups excluding carboxylic acids is 1. The molecule has 0 bridgehead atoms. The molecule has 0 aliphatic carbocycles. The Morgan fingerprint density at radius 3 is 2.38 bits per heavy atom. The molecule has 5 unspecified atom stereocenters. The number of rotatable bonds is 5. The summed E-state index contributed by atoms with van der Waals surface area (Å²) in [5.74, 6) is -0.781. The molecule has 7 nitrogen and oxygen atoms in total. The Morgan fingerprint density at radius 1 is 1.03 bits per heavy atom. The summed E-state index contributed by atoms with van der Waals surface area (Å²) in [6.07, 6.45) is -6.44. The molecule has 8 heteroatoms. The zero-order chi connectivity index (χ0) is 21.1. The summed E-state index contributed by atoms with van der Waals surface area (Å²) in [7, 11) is 1.53. The molecular formula is C21H24FNO6. The van der Waals surface area contributed by atoms with Gasteiger partial charge in [0.05, 0.1) is 12.7 Å². The number of carbonyl (C=O) groups is 1. The smallest absolute Gasteiger partial charge is 0.251 e. The van der Waals surface area contributed by atoms with Gasteiger partial charge in [0.15, 0.2) is 0 Å². The van der Waals surface area contributed by atoms with Crippen molar-refractivity contribution in [2.75, 3.05) is 13.7 Å². The summed E-state index contributed by atoms with van der Waals surface area (Å²) in [6, 6.07) is 11.3. The molecule has 2 aromatic rings. The number of aliphatic hydroxyl groups excluding tert-OH is 4. The van der Waals surface area contributed by atoms with E-state index in [1.165, 1.54) is 13.1 Å². The lowest BCUT2D eigenvalue weighted by atomic mass is 9.91. The third-order valence-corrected chi connectivity index (χ3v) is 5.15. The molecule has 2 aromatic carbocycles. The Balaban J connectivity index is 1.81. The maximum absolute atomic E-state index is 14.7. The average molecular weight is 405 g/mol. The molecule has 1 saturated heterocycles. The number of hydrogen-bond acceptors (Lipinski definition) is 6. The second kappa shape index (κ2) is 8.98. The molecule has 0 radical (unpaired) electrons. The molecule has 29 heavy (non-hydrogen) atoms. The maximum Gasteiger partial charge on any atom is 0.251 e. The molecular weight excluding hydrogens is 381 g/mol. The molecule has 5 N–H and O–H groups in total. The van der Waals surface area contributed by atoms with Crippen molar-refractivity contribution in [2.24, 2.45) is 0 Å². The number of amides is 1. The molecule has 0 aromatic heterocycles. The third kappa shape index (κ3) is 4.47. The van der Waals surface area contributed by atoms with Crippen molar-refractivity contribution >= 4 is 5.91 Å². The van der Waals surface area contributed by atoms with Crippen LogP contribution in [0.2, 0.25) is 0 Å². The summed E-state index contributed by atoms with van der Waals surface area (Å²) < 4.78 is 20.2. The Labute approximate surface area is 167 Å². The normalized spacial score (nSPS) is 26.9. The van der Waals surface area contributed by atoms with Crippen LogP contribution in [0.4, 0.5) is 4.39 Å². The number of halogens is 1. The van der Waals surface area contributed by atoms with Gasteiger partial charge < -0.3 is 30.5 Å². The maximum atomic E-state index is 14.7. The first kappa shape index (κ1) is 21.4. The summed E-state index contributed by atoms with van der Waals surface area (Å²) >= 11 is 0. The van der Waals surface area contributed by atoms with Crippen molar-refractivity contribution < 1.29 is 34.3 Å². The highest BCUT2D eigenvalue weighted by atomic mass is 19.1. The molecule has 0 spiro atoms. The topological polar surface area (TPSA) is 119 Å². The van der Waals surface area contributed by atoms with Crippen LogP contribution in [0.3, 0.4) is 0 Å². The van der Waals surface area contributed by atoms with Crippen LogP contribution < -0.4 is 5.32 Å². The zero-order valence-electron chi connectivity index (χ0n) is 15.8. The first-order valence-corrected chi connectivity index (χ1v) is 9.27. The van der Waals surface area contributed by atoms with Gasteiger partial charge >= 0.3 is 0 Å². The second-order valence-electron chi connectivity index (χ2n) is 7.04. The molecule has 1 heterocycles. The Bertz CT molecular complexity index is 874.